The van der Waals surface area contributed by atoms with Gasteiger partial charge in [0.1, 0.15) is 0 Å². The Kier molecular flexibility index (Phi) is 4.59. The maximum Gasteiger partial charge on any atom is 0.255 e. The van der Waals surface area contributed by atoms with E-state index in [4.69, 9.17) is 17.4 Å². The molecule has 1 unspecified atom stereocenters. The van der Waals surface area contributed by atoms with Gasteiger partial charge >= 0.3 is 0 Å². The summed E-state index contributed by atoms with van der Waals surface area (Å²) >= 11 is 7.60. The van der Waals surface area contributed by atoms with Gasteiger partial charge in [0.2, 0.25) is 0 Å². The Bertz CT molecular complexity index is 602. The topological polar surface area (TPSA) is 71.2 Å². The highest BCUT2D eigenvalue weighted by molar-refractivity contribution is 7.10. The number of amides is 1. The van der Waals surface area contributed by atoms with Crippen molar-refractivity contribution in [3.8, 4) is 0 Å². The number of aromatic nitrogens is 1. The Labute approximate surface area is 126 Å². The molecule has 7 heteroatoms. The number of hydrazine groups is 1. The first-order valence-electron chi connectivity index (χ1n) is 5.97. The predicted molar refractivity (Wildman–Crippen MR) is 81.9 cm³/mol. The van der Waals surface area contributed by atoms with E-state index in [1.807, 2.05) is 24.4 Å². The third-order valence-electron chi connectivity index (χ3n) is 3.08. The van der Waals surface area contributed by atoms with Crippen LogP contribution in [-0.2, 0) is 0 Å². The second-order valence-electron chi connectivity index (χ2n) is 4.31. The Morgan fingerprint density at radius 2 is 2.35 bits per heavy atom. The first kappa shape index (κ1) is 14.8. The normalized spacial score (nSPS) is 12.0. The van der Waals surface area contributed by atoms with Crippen molar-refractivity contribution in [2.75, 3.05) is 12.5 Å². The minimum atomic E-state index is -0.135. The number of halogens is 1. The van der Waals surface area contributed by atoms with Crippen LogP contribution in [0.4, 0.5) is 5.82 Å². The Hall–Kier alpha value is -1.63. The van der Waals surface area contributed by atoms with E-state index in [-0.39, 0.29) is 11.9 Å². The van der Waals surface area contributed by atoms with E-state index >= 15 is 0 Å². The molecular weight excluding hydrogens is 296 g/mol. The lowest BCUT2D eigenvalue weighted by Gasteiger charge is -2.24. The monoisotopic (exact) mass is 310 g/mol. The molecule has 106 valence electrons. The number of carbonyl (C=O) groups excluding carboxylic acids is 1. The lowest BCUT2D eigenvalue weighted by Crippen LogP contribution is -2.29. The summed E-state index contributed by atoms with van der Waals surface area (Å²) in [7, 11) is 1.76. The van der Waals surface area contributed by atoms with E-state index in [2.05, 4.69) is 10.4 Å². The van der Waals surface area contributed by atoms with Gasteiger partial charge < -0.3 is 10.3 Å². The minimum Gasteiger partial charge on any atom is -0.334 e. The SMILES string of the molecule is CC(c1cccs1)N(C)C(=O)c1cnc(NN)c(Cl)c1. The molecule has 2 aromatic heterocycles. The molecule has 1 atom stereocenters. The van der Waals surface area contributed by atoms with Crippen LogP contribution >= 0.6 is 22.9 Å². The van der Waals surface area contributed by atoms with Crippen LogP contribution in [0.2, 0.25) is 5.02 Å². The fourth-order valence-electron chi connectivity index (χ4n) is 1.76. The number of nitrogens with zero attached hydrogens (tertiary/aromatic N) is 2. The Balaban J connectivity index is 2.20. The third-order valence-corrected chi connectivity index (χ3v) is 4.41. The number of hydrogen-bond acceptors (Lipinski definition) is 5. The van der Waals surface area contributed by atoms with Crippen LogP contribution in [0.3, 0.4) is 0 Å². The van der Waals surface area contributed by atoms with Gasteiger partial charge in [0.15, 0.2) is 5.82 Å². The number of rotatable bonds is 4. The number of anilines is 1. The summed E-state index contributed by atoms with van der Waals surface area (Å²) in [5, 5.41) is 2.31. The molecule has 0 saturated heterocycles. The standard InChI is InChI=1S/C13H15ClN4OS/c1-8(11-4-3-5-20-11)18(2)13(19)9-6-10(14)12(17-15)16-7-9/h3-8H,15H2,1-2H3,(H,16,17). The van der Waals surface area contributed by atoms with Crippen molar-refractivity contribution >= 4 is 34.7 Å². The minimum absolute atomic E-state index is 0.00594. The Morgan fingerprint density at radius 3 is 2.90 bits per heavy atom. The van der Waals surface area contributed by atoms with Gasteiger partial charge in [0, 0.05) is 18.1 Å². The van der Waals surface area contributed by atoms with Crippen LogP contribution in [0.1, 0.15) is 28.2 Å². The zero-order valence-corrected chi connectivity index (χ0v) is 12.7. The fourth-order valence-corrected chi connectivity index (χ4v) is 2.81. The van der Waals surface area contributed by atoms with E-state index in [1.165, 1.54) is 6.20 Å². The predicted octanol–water partition coefficient (Wildman–Crippen LogP) is 2.92. The first-order chi connectivity index (χ1) is 9.54. The van der Waals surface area contributed by atoms with Crippen LogP contribution < -0.4 is 11.3 Å². The molecule has 2 aromatic rings. The second-order valence-corrected chi connectivity index (χ2v) is 5.69. The van der Waals surface area contributed by atoms with Crippen LogP contribution in [0.15, 0.2) is 29.8 Å². The number of nitrogen functional groups attached to an aromatic ring is 1. The highest BCUT2D eigenvalue weighted by Gasteiger charge is 2.20. The van der Waals surface area contributed by atoms with Gasteiger partial charge in [-0.25, -0.2) is 10.8 Å². The van der Waals surface area contributed by atoms with E-state index in [0.717, 1.165) is 4.88 Å². The molecule has 3 N–H and O–H groups in total. The summed E-state index contributed by atoms with van der Waals surface area (Å²) in [5.41, 5.74) is 2.80. The number of thiophene rings is 1. The summed E-state index contributed by atoms with van der Waals surface area (Å²) < 4.78 is 0. The van der Waals surface area contributed by atoms with Crippen LogP contribution in [0.5, 0.6) is 0 Å². The summed E-state index contributed by atoms with van der Waals surface area (Å²) in [6.45, 7) is 1.98. The number of nitrogens with one attached hydrogen (secondary N) is 1. The molecular formula is C13H15ClN4OS. The molecule has 0 aliphatic carbocycles. The maximum absolute atomic E-state index is 12.4. The van der Waals surface area contributed by atoms with Gasteiger partial charge in [-0.1, -0.05) is 17.7 Å². The van der Waals surface area contributed by atoms with Gasteiger partial charge in [-0.2, -0.15) is 0 Å². The van der Waals surface area contributed by atoms with Gasteiger partial charge in [-0.3, -0.25) is 4.79 Å². The summed E-state index contributed by atoms with van der Waals surface area (Å²) in [4.78, 5) is 19.2. The highest BCUT2D eigenvalue weighted by atomic mass is 35.5. The van der Waals surface area contributed by atoms with E-state index in [1.54, 1.807) is 29.4 Å². The number of pyridine rings is 1. The fraction of sp³-hybridized carbons (Fsp3) is 0.231. The molecule has 0 fully saturated rings. The van der Waals surface area contributed by atoms with Crippen molar-refractivity contribution in [3.05, 3.63) is 45.2 Å². The Morgan fingerprint density at radius 1 is 1.60 bits per heavy atom. The third kappa shape index (κ3) is 2.92. The molecule has 1 amide bonds. The van der Waals surface area contributed by atoms with Gasteiger partial charge in [-0.15, -0.1) is 11.3 Å². The molecule has 0 saturated carbocycles. The average molecular weight is 311 g/mol. The molecule has 0 spiro atoms. The van der Waals surface area contributed by atoms with E-state index in [9.17, 15) is 4.79 Å². The van der Waals surface area contributed by atoms with Gasteiger partial charge in [0.05, 0.1) is 16.6 Å². The zero-order valence-electron chi connectivity index (χ0n) is 11.1. The van der Waals surface area contributed by atoms with Crippen LogP contribution in [0.25, 0.3) is 0 Å². The molecule has 0 aromatic carbocycles. The molecule has 0 aliphatic rings. The van der Waals surface area contributed by atoms with Crippen molar-refractivity contribution < 1.29 is 4.79 Å². The first-order valence-corrected chi connectivity index (χ1v) is 7.23. The molecule has 0 bridgehead atoms. The largest absolute Gasteiger partial charge is 0.334 e. The quantitative estimate of drug-likeness (QED) is 0.673. The number of carbonyl (C=O) groups is 1. The van der Waals surface area contributed by atoms with Crippen molar-refractivity contribution in [3.63, 3.8) is 0 Å². The molecule has 5 nitrogen and oxygen atoms in total. The second kappa shape index (κ2) is 6.21. The maximum atomic E-state index is 12.4. The van der Waals surface area contributed by atoms with E-state index in [0.29, 0.717) is 16.4 Å². The average Bonchev–Trinajstić information content (AvgIpc) is 2.99. The van der Waals surface area contributed by atoms with Gasteiger partial charge in [-0.05, 0) is 24.4 Å². The zero-order chi connectivity index (χ0) is 14.7. The number of hydrogen-bond donors (Lipinski definition) is 2. The lowest BCUT2D eigenvalue weighted by molar-refractivity contribution is 0.0744. The number of nitrogens with two attached hydrogens (primary N) is 1. The molecule has 2 rings (SSSR count). The van der Waals surface area contributed by atoms with Crippen molar-refractivity contribution in [1.29, 1.82) is 0 Å². The summed E-state index contributed by atoms with van der Waals surface area (Å²) in [6.07, 6.45) is 1.46. The van der Waals surface area contributed by atoms with Crippen molar-refractivity contribution in [1.82, 2.24) is 9.88 Å². The summed E-state index contributed by atoms with van der Waals surface area (Å²) in [6, 6.07) is 5.53. The molecule has 20 heavy (non-hydrogen) atoms. The summed E-state index contributed by atoms with van der Waals surface area (Å²) in [5.74, 6) is 5.47. The molecule has 2 heterocycles. The van der Waals surface area contributed by atoms with Crippen molar-refractivity contribution in [2.45, 2.75) is 13.0 Å². The highest BCUT2D eigenvalue weighted by Crippen LogP contribution is 2.26. The molecule has 0 aliphatic heterocycles. The molecule has 0 radical (unpaired) electrons. The van der Waals surface area contributed by atoms with Crippen LogP contribution in [-0.4, -0.2) is 22.8 Å². The van der Waals surface area contributed by atoms with E-state index < -0.39 is 0 Å². The van der Waals surface area contributed by atoms with Crippen LogP contribution in [0, 0.1) is 0 Å². The van der Waals surface area contributed by atoms with Gasteiger partial charge in [0.25, 0.3) is 5.91 Å². The smallest absolute Gasteiger partial charge is 0.255 e. The lowest BCUT2D eigenvalue weighted by atomic mass is 10.2. The van der Waals surface area contributed by atoms with Crippen molar-refractivity contribution in [2.24, 2.45) is 5.84 Å².